The number of nitrogens with zero attached hydrogens (tertiary/aromatic N) is 1. The monoisotopic (exact) mass is 345 g/mol. The molecule has 3 rings (SSSR count). The van der Waals surface area contributed by atoms with Crippen molar-refractivity contribution in [2.45, 2.75) is 25.1 Å². The molecule has 0 aliphatic heterocycles. The highest BCUT2D eigenvalue weighted by Crippen LogP contribution is 2.32. The van der Waals surface area contributed by atoms with Gasteiger partial charge in [0.05, 0.1) is 15.2 Å². The summed E-state index contributed by atoms with van der Waals surface area (Å²) in [6.07, 6.45) is 0.934. The molecule has 0 saturated heterocycles. The first-order valence-electron chi connectivity index (χ1n) is 6.69. The van der Waals surface area contributed by atoms with E-state index in [0.717, 1.165) is 11.9 Å². The van der Waals surface area contributed by atoms with Gasteiger partial charge in [-0.1, -0.05) is 51.8 Å². The molecule has 3 heteroatoms. The molecular weight excluding hydrogens is 330 g/mol. The number of aromatic nitrogens is 1. The Morgan fingerprint density at radius 1 is 1.15 bits per heavy atom. The molecular formula is C17H16BrNS. The van der Waals surface area contributed by atoms with Crippen molar-refractivity contribution >= 4 is 37.5 Å². The molecule has 0 amide bonds. The minimum absolute atomic E-state index is 0.323. The van der Waals surface area contributed by atoms with Crippen LogP contribution in [0.25, 0.3) is 10.2 Å². The molecule has 2 aromatic carbocycles. The van der Waals surface area contributed by atoms with Crippen LogP contribution in [0, 0.1) is 13.8 Å². The molecule has 1 aromatic heterocycles. The largest absolute Gasteiger partial charge is 0.241 e. The first kappa shape index (κ1) is 13.8. The molecule has 0 N–H and O–H groups in total. The molecule has 1 unspecified atom stereocenters. The molecule has 0 aliphatic rings. The molecule has 0 bridgehead atoms. The van der Waals surface area contributed by atoms with Crippen molar-refractivity contribution in [1.82, 2.24) is 4.98 Å². The van der Waals surface area contributed by atoms with Crippen LogP contribution in [-0.4, -0.2) is 4.98 Å². The first-order valence-corrected chi connectivity index (χ1v) is 8.42. The smallest absolute Gasteiger partial charge is 0.0953 e. The van der Waals surface area contributed by atoms with Gasteiger partial charge in [0.2, 0.25) is 0 Å². The van der Waals surface area contributed by atoms with Crippen molar-refractivity contribution in [2.75, 3.05) is 0 Å². The number of benzene rings is 2. The van der Waals surface area contributed by atoms with Gasteiger partial charge in [-0.25, -0.2) is 4.98 Å². The number of halogens is 1. The van der Waals surface area contributed by atoms with Crippen LogP contribution in [0.4, 0.5) is 0 Å². The van der Waals surface area contributed by atoms with E-state index in [-0.39, 0.29) is 0 Å². The Morgan fingerprint density at radius 3 is 2.70 bits per heavy atom. The Morgan fingerprint density at radius 2 is 1.95 bits per heavy atom. The van der Waals surface area contributed by atoms with Crippen molar-refractivity contribution in [3.63, 3.8) is 0 Å². The summed E-state index contributed by atoms with van der Waals surface area (Å²) in [5.41, 5.74) is 5.11. The van der Waals surface area contributed by atoms with E-state index < -0.39 is 0 Å². The molecule has 20 heavy (non-hydrogen) atoms. The van der Waals surface area contributed by atoms with Gasteiger partial charge in [-0.15, -0.1) is 11.3 Å². The van der Waals surface area contributed by atoms with Gasteiger partial charge < -0.3 is 0 Å². The fourth-order valence-corrected chi connectivity index (χ4v) is 4.49. The van der Waals surface area contributed by atoms with Crippen molar-refractivity contribution in [1.29, 1.82) is 0 Å². The van der Waals surface area contributed by atoms with E-state index >= 15 is 0 Å². The number of para-hydroxylation sites is 1. The van der Waals surface area contributed by atoms with Crippen LogP contribution in [0.1, 0.15) is 26.5 Å². The van der Waals surface area contributed by atoms with Gasteiger partial charge in [0.15, 0.2) is 0 Å². The Labute approximate surface area is 131 Å². The molecule has 3 aromatic rings. The van der Waals surface area contributed by atoms with Crippen molar-refractivity contribution < 1.29 is 0 Å². The fraction of sp³-hybridized carbons (Fsp3) is 0.235. The Bertz CT molecular complexity index is 715. The van der Waals surface area contributed by atoms with Gasteiger partial charge in [0.1, 0.15) is 0 Å². The van der Waals surface area contributed by atoms with Crippen LogP contribution >= 0.6 is 27.3 Å². The highest BCUT2D eigenvalue weighted by Gasteiger charge is 2.14. The zero-order valence-corrected chi connectivity index (χ0v) is 14.0. The quantitative estimate of drug-likeness (QED) is 0.563. The Hall–Kier alpha value is -1.19. The van der Waals surface area contributed by atoms with E-state index in [0.29, 0.717) is 4.83 Å². The van der Waals surface area contributed by atoms with Crippen LogP contribution in [0.5, 0.6) is 0 Å². The maximum atomic E-state index is 4.71. The molecule has 1 nitrogen and oxygen atoms in total. The predicted octanol–water partition coefficient (Wildman–Crippen LogP) is 5.59. The topological polar surface area (TPSA) is 12.9 Å². The molecule has 1 atom stereocenters. The van der Waals surface area contributed by atoms with E-state index in [9.17, 15) is 0 Å². The fourth-order valence-electron chi connectivity index (χ4n) is 2.45. The first-order chi connectivity index (χ1) is 9.63. The third-order valence-corrected chi connectivity index (χ3v) is 5.33. The number of alkyl halides is 1. The molecule has 0 spiro atoms. The molecule has 0 fully saturated rings. The lowest BCUT2D eigenvalue weighted by Gasteiger charge is -2.12. The molecule has 0 radical (unpaired) electrons. The van der Waals surface area contributed by atoms with Gasteiger partial charge in [0, 0.05) is 11.2 Å². The maximum absolute atomic E-state index is 4.71. The molecule has 0 saturated carbocycles. The third-order valence-electron chi connectivity index (χ3n) is 3.45. The normalized spacial score (nSPS) is 12.8. The number of aryl methyl sites for hydroxylation is 2. The van der Waals surface area contributed by atoms with Crippen molar-refractivity contribution in [3.05, 3.63) is 64.2 Å². The van der Waals surface area contributed by atoms with E-state index in [1.165, 1.54) is 26.4 Å². The maximum Gasteiger partial charge on any atom is 0.0953 e. The zero-order valence-electron chi connectivity index (χ0n) is 11.6. The summed E-state index contributed by atoms with van der Waals surface area (Å²) in [7, 11) is 0. The number of rotatable bonds is 3. The lowest BCUT2D eigenvalue weighted by atomic mass is 10.0. The van der Waals surface area contributed by atoms with Gasteiger partial charge in [-0.3, -0.25) is 0 Å². The van der Waals surface area contributed by atoms with Gasteiger partial charge in [0.25, 0.3) is 0 Å². The second kappa shape index (κ2) is 5.66. The lowest BCUT2D eigenvalue weighted by Crippen LogP contribution is -1.98. The Kier molecular flexibility index (Phi) is 3.90. The molecule has 102 valence electrons. The Balaban J connectivity index is 1.86. The van der Waals surface area contributed by atoms with Crippen LogP contribution in [0.3, 0.4) is 0 Å². The van der Waals surface area contributed by atoms with Gasteiger partial charge in [-0.05, 0) is 37.1 Å². The predicted molar refractivity (Wildman–Crippen MR) is 90.9 cm³/mol. The summed E-state index contributed by atoms with van der Waals surface area (Å²) in [6.45, 7) is 4.31. The lowest BCUT2D eigenvalue weighted by molar-refractivity contribution is 0.927. The highest BCUT2D eigenvalue weighted by molar-refractivity contribution is 9.09. The van der Waals surface area contributed by atoms with Crippen LogP contribution < -0.4 is 0 Å². The summed E-state index contributed by atoms with van der Waals surface area (Å²) in [5.74, 6) is 0. The number of hydrogen-bond acceptors (Lipinski definition) is 2. The van der Waals surface area contributed by atoms with Crippen LogP contribution in [0.2, 0.25) is 0 Å². The number of hydrogen-bond donors (Lipinski definition) is 0. The summed E-state index contributed by atoms with van der Waals surface area (Å²) in [5, 5.41) is 1.19. The molecule has 1 heterocycles. The average Bonchev–Trinajstić information content (AvgIpc) is 2.80. The molecule has 0 aliphatic carbocycles. The number of thiazole rings is 1. The zero-order chi connectivity index (χ0) is 14.1. The summed E-state index contributed by atoms with van der Waals surface area (Å²) in [6, 6.07) is 15.0. The van der Waals surface area contributed by atoms with Gasteiger partial charge in [-0.2, -0.15) is 0 Å². The second-order valence-corrected chi connectivity index (χ2v) is 7.33. The van der Waals surface area contributed by atoms with E-state index in [2.05, 4.69) is 66.2 Å². The van der Waals surface area contributed by atoms with Crippen LogP contribution in [-0.2, 0) is 6.42 Å². The van der Waals surface area contributed by atoms with E-state index in [1.807, 2.05) is 6.07 Å². The van der Waals surface area contributed by atoms with E-state index in [4.69, 9.17) is 4.98 Å². The summed E-state index contributed by atoms with van der Waals surface area (Å²) < 4.78 is 1.27. The highest BCUT2D eigenvalue weighted by atomic mass is 79.9. The standard InChI is InChI=1S/C17H16BrNS/c1-11-7-8-13(12(2)9-11)14(18)10-17-19-15-5-3-4-6-16(15)20-17/h3-9,14H,10H2,1-2H3. The van der Waals surface area contributed by atoms with E-state index in [1.54, 1.807) is 11.3 Å². The minimum atomic E-state index is 0.323. The third kappa shape index (κ3) is 2.79. The van der Waals surface area contributed by atoms with Crippen molar-refractivity contribution in [3.8, 4) is 0 Å². The minimum Gasteiger partial charge on any atom is -0.241 e. The van der Waals surface area contributed by atoms with Crippen molar-refractivity contribution in [2.24, 2.45) is 0 Å². The van der Waals surface area contributed by atoms with Gasteiger partial charge >= 0.3 is 0 Å². The summed E-state index contributed by atoms with van der Waals surface area (Å²) in [4.78, 5) is 5.04. The SMILES string of the molecule is Cc1ccc(C(Br)Cc2nc3ccccc3s2)c(C)c1. The van der Waals surface area contributed by atoms with Crippen LogP contribution in [0.15, 0.2) is 42.5 Å². The second-order valence-electron chi connectivity index (χ2n) is 5.11. The average molecular weight is 346 g/mol. The number of fused-ring (bicyclic) bond motifs is 1. The summed E-state index contributed by atoms with van der Waals surface area (Å²) >= 11 is 5.61.